The first-order valence-corrected chi connectivity index (χ1v) is 8.95. The van der Waals surface area contributed by atoms with Crippen molar-refractivity contribution in [2.75, 3.05) is 18.4 Å². The summed E-state index contributed by atoms with van der Waals surface area (Å²) in [6.45, 7) is 3.00. The van der Waals surface area contributed by atoms with Gasteiger partial charge in [-0.25, -0.2) is 9.59 Å². The standard InChI is InChI=1S/C18H22N6O3/c1-11-19-16(21-27-11)12-5-4-8-24(10-12)17(25)20-13-6-7-14-15(9-13)23(3)18(26)22(14)2/h6-7,9,12H,4-5,8,10H2,1-3H3,(H,20,25). The zero-order chi connectivity index (χ0) is 19.1. The highest BCUT2D eigenvalue weighted by atomic mass is 16.5. The summed E-state index contributed by atoms with van der Waals surface area (Å²) < 4.78 is 8.22. The third kappa shape index (κ3) is 3.09. The van der Waals surface area contributed by atoms with Gasteiger partial charge in [0.05, 0.1) is 11.0 Å². The van der Waals surface area contributed by atoms with E-state index in [0.717, 1.165) is 23.9 Å². The fourth-order valence-corrected chi connectivity index (χ4v) is 3.64. The normalized spacial score (nSPS) is 17.4. The van der Waals surface area contributed by atoms with Crippen molar-refractivity contribution in [1.82, 2.24) is 24.2 Å². The van der Waals surface area contributed by atoms with Gasteiger partial charge in [-0.2, -0.15) is 4.98 Å². The van der Waals surface area contributed by atoms with Crippen LogP contribution in [0.5, 0.6) is 0 Å². The van der Waals surface area contributed by atoms with Gasteiger partial charge in [0, 0.05) is 45.7 Å². The molecule has 1 N–H and O–H groups in total. The molecule has 0 bridgehead atoms. The van der Waals surface area contributed by atoms with Crippen molar-refractivity contribution in [2.24, 2.45) is 14.1 Å². The molecule has 142 valence electrons. The van der Waals surface area contributed by atoms with E-state index >= 15 is 0 Å². The monoisotopic (exact) mass is 370 g/mol. The Balaban J connectivity index is 1.51. The van der Waals surface area contributed by atoms with Crippen LogP contribution >= 0.6 is 0 Å². The molecule has 0 saturated carbocycles. The molecule has 0 spiro atoms. The summed E-state index contributed by atoms with van der Waals surface area (Å²) in [7, 11) is 3.45. The number of hydrogen-bond acceptors (Lipinski definition) is 5. The second-order valence-corrected chi connectivity index (χ2v) is 6.99. The molecule has 4 rings (SSSR count). The SMILES string of the molecule is Cc1nc(C2CCCN(C(=O)Nc3ccc4c(c3)n(C)c(=O)n4C)C2)no1. The second kappa shape index (κ2) is 6.57. The van der Waals surface area contributed by atoms with E-state index in [1.165, 1.54) is 0 Å². The van der Waals surface area contributed by atoms with Crippen LogP contribution in [0, 0.1) is 6.92 Å². The van der Waals surface area contributed by atoms with Crippen LogP contribution in [0.3, 0.4) is 0 Å². The lowest BCUT2D eigenvalue weighted by atomic mass is 9.98. The van der Waals surface area contributed by atoms with Crippen molar-refractivity contribution in [1.29, 1.82) is 0 Å². The molecule has 3 heterocycles. The number of likely N-dealkylation sites (tertiary alicyclic amines) is 1. The van der Waals surface area contributed by atoms with Crippen LogP contribution < -0.4 is 11.0 Å². The Bertz CT molecular complexity index is 1060. The maximum atomic E-state index is 12.7. The summed E-state index contributed by atoms with van der Waals surface area (Å²) in [6, 6.07) is 5.30. The van der Waals surface area contributed by atoms with Crippen LogP contribution in [0.15, 0.2) is 27.5 Å². The fourth-order valence-electron chi connectivity index (χ4n) is 3.64. The number of urea groups is 1. The van der Waals surface area contributed by atoms with Crippen molar-refractivity contribution in [2.45, 2.75) is 25.7 Å². The van der Waals surface area contributed by atoms with Gasteiger partial charge in [-0.1, -0.05) is 5.16 Å². The molecule has 9 heteroatoms. The maximum absolute atomic E-state index is 12.7. The lowest BCUT2D eigenvalue weighted by molar-refractivity contribution is 0.190. The average molecular weight is 370 g/mol. The Labute approximate surface area is 155 Å². The Morgan fingerprint density at radius 1 is 1.26 bits per heavy atom. The third-order valence-corrected chi connectivity index (χ3v) is 5.14. The molecule has 1 fully saturated rings. The number of benzene rings is 1. The summed E-state index contributed by atoms with van der Waals surface area (Å²) in [5.41, 5.74) is 2.17. The number of carbonyl (C=O) groups excluding carboxylic acids is 1. The van der Waals surface area contributed by atoms with E-state index in [4.69, 9.17) is 4.52 Å². The van der Waals surface area contributed by atoms with Crippen LogP contribution in [0.2, 0.25) is 0 Å². The van der Waals surface area contributed by atoms with E-state index in [9.17, 15) is 9.59 Å². The van der Waals surface area contributed by atoms with Crippen LogP contribution in [-0.2, 0) is 14.1 Å². The number of aryl methyl sites for hydroxylation is 3. The van der Waals surface area contributed by atoms with Gasteiger partial charge in [0.15, 0.2) is 5.82 Å². The largest absolute Gasteiger partial charge is 0.340 e. The van der Waals surface area contributed by atoms with Crippen LogP contribution in [0.1, 0.15) is 30.5 Å². The van der Waals surface area contributed by atoms with Gasteiger partial charge >= 0.3 is 11.7 Å². The van der Waals surface area contributed by atoms with Crippen molar-refractivity contribution in [3.05, 3.63) is 40.4 Å². The average Bonchev–Trinajstić information content (AvgIpc) is 3.20. The molecule has 9 nitrogen and oxygen atoms in total. The predicted octanol–water partition coefficient (Wildman–Crippen LogP) is 1.98. The van der Waals surface area contributed by atoms with Gasteiger partial charge in [-0.3, -0.25) is 9.13 Å². The van der Waals surface area contributed by atoms with Gasteiger partial charge in [0.1, 0.15) is 0 Å². The van der Waals surface area contributed by atoms with Gasteiger partial charge in [0.2, 0.25) is 5.89 Å². The van der Waals surface area contributed by atoms with Crippen LogP contribution in [0.4, 0.5) is 10.5 Å². The highest BCUT2D eigenvalue weighted by Crippen LogP contribution is 2.25. The molecule has 3 aromatic rings. The first-order chi connectivity index (χ1) is 12.9. The van der Waals surface area contributed by atoms with Gasteiger partial charge < -0.3 is 14.7 Å². The highest BCUT2D eigenvalue weighted by Gasteiger charge is 2.27. The van der Waals surface area contributed by atoms with E-state index in [2.05, 4.69) is 15.5 Å². The Kier molecular flexibility index (Phi) is 4.21. The number of aromatic nitrogens is 4. The summed E-state index contributed by atoms with van der Waals surface area (Å²) in [4.78, 5) is 30.8. The Hall–Kier alpha value is -3.10. The third-order valence-electron chi connectivity index (χ3n) is 5.14. The molecular weight excluding hydrogens is 348 g/mol. The molecular formula is C18H22N6O3. The lowest BCUT2D eigenvalue weighted by Crippen LogP contribution is -2.41. The zero-order valence-corrected chi connectivity index (χ0v) is 15.6. The summed E-state index contributed by atoms with van der Waals surface area (Å²) in [5, 5.41) is 6.93. The molecule has 1 aliphatic heterocycles. The van der Waals surface area contributed by atoms with Gasteiger partial charge in [-0.05, 0) is 31.0 Å². The van der Waals surface area contributed by atoms with E-state index in [0.29, 0.717) is 30.5 Å². The van der Waals surface area contributed by atoms with Crippen LogP contribution in [0.25, 0.3) is 11.0 Å². The number of piperidine rings is 1. The fraction of sp³-hybridized carbons (Fsp3) is 0.444. The number of nitrogens with one attached hydrogen (secondary N) is 1. The molecule has 1 aliphatic rings. The quantitative estimate of drug-likeness (QED) is 0.744. The molecule has 1 unspecified atom stereocenters. The number of anilines is 1. The predicted molar refractivity (Wildman–Crippen MR) is 99.8 cm³/mol. The highest BCUT2D eigenvalue weighted by molar-refractivity contribution is 5.92. The number of carbonyl (C=O) groups is 1. The Morgan fingerprint density at radius 2 is 2.04 bits per heavy atom. The minimum absolute atomic E-state index is 0.0828. The first kappa shape index (κ1) is 17.3. The first-order valence-electron chi connectivity index (χ1n) is 8.95. The summed E-state index contributed by atoms with van der Waals surface area (Å²) in [6.07, 6.45) is 1.82. The molecule has 1 atom stereocenters. The molecule has 1 aromatic carbocycles. The number of rotatable bonds is 2. The molecule has 0 aliphatic carbocycles. The van der Waals surface area contributed by atoms with E-state index < -0.39 is 0 Å². The van der Waals surface area contributed by atoms with Crippen LogP contribution in [-0.4, -0.2) is 43.3 Å². The molecule has 0 radical (unpaired) electrons. The topological polar surface area (TPSA) is 98.2 Å². The summed E-state index contributed by atoms with van der Waals surface area (Å²) in [5.74, 6) is 1.28. The maximum Gasteiger partial charge on any atom is 0.328 e. The van der Waals surface area contributed by atoms with Crippen molar-refractivity contribution in [3.63, 3.8) is 0 Å². The van der Waals surface area contributed by atoms with Gasteiger partial charge in [0.25, 0.3) is 0 Å². The van der Waals surface area contributed by atoms with E-state index in [-0.39, 0.29) is 17.6 Å². The molecule has 2 amide bonds. The number of imidazole rings is 1. The van der Waals surface area contributed by atoms with Crippen molar-refractivity contribution in [3.8, 4) is 0 Å². The number of hydrogen-bond donors (Lipinski definition) is 1. The minimum Gasteiger partial charge on any atom is -0.340 e. The molecule has 1 saturated heterocycles. The minimum atomic E-state index is -0.166. The van der Waals surface area contributed by atoms with Gasteiger partial charge in [-0.15, -0.1) is 0 Å². The number of amides is 2. The zero-order valence-electron chi connectivity index (χ0n) is 15.6. The van der Waals surface area contributed by atoms with E-state index in [1.807, 2.05) is 18.2 Å². The van der Waals surface area contributed by atoms with Crippen molar-refractivity contribution >= 4 is 22.8 Å². The number of fused-ring (bicyclic) bond motifs is 1. The lowest BCUT2D eigenvalue weighted by Gasteiger charge is -2.31. The summed E-state index contributed by atoms with van der Waals surface area (Å²) >= 11 is 0. The molecule has 2 aromatic heterocycles. The smallest absolute Gasteiger partial charge is 0.328 e. The molecule has 27 heavy (non-hydrogen) atoms. The second-order valence-electron chi connectivity index (χ2n) is 6.99. The van der Waals surface area contributed by atoms with E-state index in [1.54, 1.807) is 35.1 Å². The Morgan fingerprint density at radius 3 is 2.78 bits per heavy atom. The number of nitrogens with zero attached hydrogens (tertiary/aromatic N) is 5. The van der Waals surface area contributed by atoms with Crippen molar-refractivity contribution < 1.29 is 9.32 Å².